The van der Waals surface area contributed by atoms with Gasteiger partial charge in [-0.15, -0.1) is 10.2 Å². The van der Waals surface area contributed by atoms with Crippen molar-refractivity contribution in [1.29, 1.82) is 0 Å². The minimum atomic E-state index is 0.509. The smallest absolute Gasteiger partial charge is 0.217 e. The molecule has 0 N–H and O–H groups in total. The number of anilines is 1. The van der Waals surface area contributed by atoms with Gasteiger partial charge in [0.1, 0.15) is 5.82 Å². The van der Waals surface area contributed by atoms with Crippen LogP contribution >= 0.6 is 0 Å². The van der Waals surface area contributed by atoms with Crippen molar-refractivity contribution in [2.45, 2.75) is 40.5 Å². The average molecular weight is 410 g/mol. The van der Waals surface area contributed by atoms with Crippen LogP contribution in [0.4, 0.5) is 5.82 Å². The zero-order chi connectivity index (χ0) is 21.1. The van der Waals surface area contributed by atoms with Crippen molar-refractivity contribution in [2.75, 3.05) is 37.6 Å². The average Bonchev–Trinajstić information content (AvgIpc) is 3.15. The predicted octanol–water partition coefficient (Wildman–Crippen LogP) is 3.99. The Morgan fingerprint density at radius 2 is 1.90 bits per heavy atom. The second-order valence-corrected chi connectivity index (χ2v) is 9.31. The maximum Gasteiger partial charge on any atom is 0.217 e. The number of aromatic nitrogens is 3. The summed E-state index contributed by atoms with van der Waals surface area (Å²) >= 11 is 0. The molecule has 0 bridgehead atoms. The summed E-state index contributed by atoms with van der Waals surface area (Å²) in [5, 5.41) is 8.23. The van der Waals surface area contributed by atoms with E-state index in [0.29, 0.717) is 29.6 Å². The fraction of sp³-hybridized carbons (Fsp3) is 0.625. The van der Waals surface area contributed by atoms with Crippen molar-refractivity contribution in [1.82, 2.24) is 20.1 Å². The van der Waals surface area contributed by atoms with E-state index >= 15 is 0 Å². The molecule has 6 heteroatoms. The van der Waals surface area contributed by atoms with Crippen LogP contribution in [-0.2, 0) is 6.42 Å². The van der Waals surface area contributed by atoms with Crippen LogP contribution in [0.2, 0.25) is 0 Å². The van der Waals surface area contributed by atoms with E-state index < -0.39 is 0 Å². The summed E-state index contributed by atoms with van der Waals surface area (Å²) < 4.78 is 5.66. The fourth-order valence-electron chi connectivity index (χ4n) is 5.11. The van der Waals surface area contributed by atoms with Crippen LogP contribution in [0.25, 0.3) is 0 Å². The van der Waals surface area contributed by atoms with Crippen LogP contribution < -0.4 is 4.90 Å². The van der Waals surface area contributed by atoms with Crippen molar-refractivity contribution in [3.63, 3.8) is 0 Å². The molecular weight excluding hydrogens is 374 g/mol. The maximum absolute atomic E-state index is 5.66. The molecule has 2 aromatic heterocycles. The van der Waals surface area contributed by atoms with Gasteiger partial charge in [-0.3, -0.25) is 4.90 Å². The molecule has 0 radical (unpaired) electrons. The third-order valence-corrected chi connectivity index (χ3v) is 6.89. The highest BCUT2D eigenvalue weighted by Gasteiger charge is 2.34. The van der Waals surface area contributed by atoms with Gasteiger partial charge in [0.2, 0.25) is 11.8 Å². The van der Waals surface area contributed by atoms with E-state index in [9.17, 15) is 0 Å². The van der Waals surface area contributed by atoms with Crippen LogP contribution in [0.3, 0.4) is 0 Å². The van der Waals surface area contributed by atoms with Gasteiger partial charge in [-0.05, 0) is 49.1 Å². The molecule has 1 aliphatic carbocycles. The minimum absolute atomic E-state index is 0.509. The second-order valence-electron chi connectivity index (χ2n) is 9.31. The Hall–Kier alpha value is -2.21. The van der Waals surface area contributed by atoms with Crippen molar-refractivity contribution in [3.05, 3.63) is 47.8 Å². The molecule has 30 heavy (non-hydrogen) atoms. The van der Waals surface area contributed by atoms with Gasteiger partial charge in [0.05, 0.1) is 0 Å². The topological polar surface area (TPSA) is 58.3 Å². The molecule has 0 saturated carbocycles. The SMILES string of the molecule is CC1=CC(CN2CCN(c3ccccn3)CC2)C(C(C)C)CC1Cc1nnc(C)o1. The Labute approximate surface area is 180 Å². The Morgan fingerprint density at radius 3 is 2.53 bits per heavy atom. The Bertz CT molecular complexity index is 838. The summed E-state index contributed by atoms with van der Waals surface area (Å²) in [5.74, 6) is 5.02. The van der Waals surface area contributed by atoms with Crippen molar-refractivity contribution in [3.8, 4) is 0 Å². The zero-order valence-corrected chi connectivity index (χ0v) is 18.8. The molecular formula is C24H35N5O. The lowest BCUT2D eigenvalue weighted by molar-refractivity contribution is 0.154. The number of aryl methyl sites for hydroxylation is 1. The minimum Gasteiger partial charge on any atom is -0.426 e. The number of pyridine rings is 1. The van der Waals surface area contributed by atoms with Crippen LogP contribution in [0.1, 0.15) is 39.0 Å². The summed E-state index contributed by atoms with van der Waals surface area (Å²) in [6, 6.07) is 6.17. The lowest BCUT2D eigenvalue weighted by Crippen LogP contribution is -2.49. The lowest BCUT2D eigenvalue weighted by Gasteiger charge is -2.41. The standard InChI is InChI=1S/C24H35N5O/c1-17(2)22-14-20(15-24-27-26-19(4)30-24)18(3)13-21(22)16-28-9-11-29(12-10-28)23-7-5-6-8-25-23/h5-8,13,17,20-22H,9-12,14-16H2,1-4H3. The molecule has 0 amide bonds. The molecule has 2 aromatic rings. The molecule has 3 heterocycles. The number of hydrogen-bond acceptors (Lipinski definition) is 6. The van der Waals surface area contributed by atoms with Crippen LogP contribution in [0.5, 0.6) is 0 Å². The van der Waals surface area contributed by atoms with E-state index in [-0.39, 0.29) is 0 Å². The van der Waals surface area contributed by atoms with E-state index in [0.717, 1.165) is 50.9 Å². The largest absolute Gasteiger partial charge is 0.426 e. The first kappa shape index (κ1) is 21.0. The molecule has 1 saturated heterocycles. The van der Waals surface area contributed by atoms with Gasteiger partial charge in [-0.2, -0.15) is 0 Å². The maximum atomic E-state index is 5.66. The van der Waals surface area contributed by atoms with Gasteiger partial charge in [0.25, 0.3) is 0 Å². The van der Waals surface area contributed by atoms with Crippen LogP contribution in [0.15, 0.2) is 40.5 Å². The van der Waals surface area contributed by atoms with Crippen LogP contribution in [-0.4, -0.2) is 52.8 Å². The number of nitrogens with zero attached hydrogens (tertiary/aromatic N) is 5. The first-order valence-corrected chi connectivity index (χ1v) is 11.3. The Morgan fingerprint density at radius 1 is 1.10 bits per heavy atom. The zero-order valence-electron chi connectivity index (χ0n) is 18.8. The number of rotatable bonds is 6. The van der Waals surface area contributed by atoms with E-state index in [1.165, 1.54) is 12.0 Å². The van der Waals surface area contributed by atoms with Gasteiger partial charge in [0, 0.05) is 52.3 Å². The number of piperazine rings is 1. The molecule has 0 spiro atoms. The molecule has 1 fully saturated rings. The van der Waals surface area contributed by atoms with Gasteiger partial charge < -0.3 is 9.32 Å². The Kier molecular flexibility index (Phi) is 6.52. The summed E-state index contributed by atoms with van der Waals surface area (Å²) in [7, 11) is 0. The van der Waals surface area contributed by atoms with E-state index in [2.05, 4.69) is 64.0 Å². The molecule has 3 unspecified atom stereocenters. The molecule has 2 aliphatic rings. The monoisotopic (exact) mass is 409 g/mol. The van der Waals surface area contributed by atoms with Gasteiger partial charge >= 0.3 is 0 Å². The lowest BCUT2D eigenvalue weighted by atomic mass is 9.69. The fourth-order valence-corrected chi connectivity index (χ4v) is 5.11. The highest BCUT2D eigenvalue weighted by Crippen LogP contribution is 2.39. The molecule has 4 rings (SSSR count). The van der Waals surface area contributed by atoms with E-state index in [4.69, 9.17) is 4.42 Å². The molecule has 6 nitrogen and oxygen atoms in total. The van der Waals surface area contributed by atoms with Crippen LogP contribution in [0, 0.1) is 30.6 Å². The van der Waals surface area contributed by atoms with E-state index in [1.54, 1.807) is 0 Å². The third kappa shape index (κ3) is 4.91. The number of allylic oxidation sites excluding steroid dienone is 1. The molecule has 3 atom stereocenters. The normalized spacial score (nSPS) is 25.6. The van der Waals surface area contributed by atoms with Gasteiger partial charge in [-0.25, -0.2) is 4.98 Å². The molecule has 1 aliphatic heterocycles. The molecule has 162 valence electrons. The highest BCUT2D eigenvalue weighted by atomic mass is 16.4. The second kappa shape index (κ2) is 9.29. The first-order chi connectivity index (χ1) is 14.5. The predicted molar refractivity (Wildman–Crippen MR) is 119 cm³/mol. The van der Waals surface area contributed by atoms with E-state index in [1.807, 2.05) is 19.2 Å². The summed E-state index contributed by atoms with van der Waals surface area (Å²) in [6.45, 7) is 14.4. The van der Waals surface area contributed by atoms with Gasteiger partial charge in [0.15, 0.2) is 0 Å². The molecule has 0 aromatic carbocycles. The summed E-state index contributed by atoms with van der Waals surface area (Å²) in [6.07, 6.45) is 6.51. The van der Waals surface area contributed by atoms with Crippen molar-refractivity contribution < 1.29 is 4.42 Å². The number of hydrogen-bond donors (Lipinski definition) is 0. The Balaban J connectivity index is 1.38. The van der Waals surface area contributed by atoms with Crippen molar-refractivity contribution >= 4 is 5.82 Å². The summed E-state index contributed by atoms with van der Waals surface area (Å²) in [5.41, 5.74) is 1.49. The third-order valence-electron chi connectivity index (χ3n) is 6.89. The highest BCUT2D eigenvalue weighted by molar-refractivity contribution is 5.38. The van der Waals surface area contributed by atoms with Gasteiger partial charge in [-0.1, -0.05) is 31.6 Å². The quantitative estimate of drug-likeness (QED) is 0.673. The first-order valence-electron chi connectivity index (χ1n) is 11.3. The summed E-state index contributed by atoms with van der Waals surface area (Å²) in [4.78, 5) is 9.56. The van der Waals surface area contributed by atoms with Crippen molar-refractivity contribution in [2.24, 2.45) is 23.7 Å².